The van der Waals surface area contributed by atoms with Crippen molar-refractivity contribution >= 4 is 0 Å². The van der Waals surface area contributed by atoms with E-state index in [1.54, 1.807) is 0 Å². The van der Waals surface area contributed by atoms with Crippen molar-refractivity contribution in [3.8, 4) is 0 Å². The van der Waals surface area contributed by atoms with Gasteiger partial charge in [-0.25, -0.2) is 0 Å². The third-order valence-electron chi connectivity index (χ3n) is 3.87. The summed E-state index contributed by atoms with van der Waals surface area (Å²) in [5.41, 5.74) is 6.77. The topological polar surface area (TPSA) is 26.0 Å². The maximum atomic E-state index is 6.58. The van der Waals surface area contributed by atoms with E-state index in [4.69, 9.17) is 5.73 Å². The van der Waals surface area contributed by atoms with Gasteiger partial charge in [-0.3, -0.25) is 0 Å². The monoisotopic (exact) mass is 197 g/mol. The van der Waals surface area contributed by atoms with Crippen LogP contribution in [0.2, 0.25) is 0 Å². The highest BCUT2D eigenvalue weighted by atomic mass is 14.8. The van der Waals surface area contributed by atoms with Gasteiger partial charge in [0.1, 0.15) is 0 Å². The van der Waals surface area contributed by atoms with Crippen LogP contribution in [0.25, 0.3) is 0 Å². The first kappa shape index (κ1) is 12.0. The van der Waals surface area contributed by atoms with Crippen LogP contribution in [-0.4, -0.2) is 5.54 Å². The molecule has 0 saturated heterocycles. The van der Waals surface area contributed by atoms with E-state index in [1.807, 2.05) is 0 Å². The van der Waals surface area contributed by atoms with Crippen molar-refractivity contribution in [1.29, 1.82) is 0 Å². The second-order valence-electron chi connectivity index (χ2n) is 5.07. The van der Waals surface area contributed by atoms with E-state index in [0.717, 1.165) is 5.92 Å². The Morgan fingerprint density at radius 2 is 1.50 bits per heavy atom. The fraction of sp³-hybridized carbons (Fsp3) is 1.00. The first-order chi connectivity index (χ1) is 6.73. The molecule has 1 aliphatic carbocycles. The van der Waals surface area contributed by atoms with E-state index in [9.17, 15) is 0 Å². The molecule has 84 valence electrons. The van der Waals surface area contributed by atoms with Gasteiger partial charge >= 0.3 is 0 Å². The molecular formula is C13H27N. The van der Waals surface area contributed by atoms with E-state index in [1.165, 1.54) is 57.8 Å². The third kappa shape index (κ3) is 2.98. The molecule has 0 aromatic rings. The van der Waals surface area contributed by atoms with Crippen molar-refractivity contribution < 1.29 is 0 Å². The minimum atomic E-state index is 0.199. The molecule has 1 nitrogen and oxygen atoms in total. The number of rotatable bonds is 5. The fourth-order valence-electron chi connectivity index (χ4n) is 3.03. The first-order valence-electron chi connectivity index (χ1n) is 6.52. The maximum absolute atomic E-state index is 6.58. The third-order valence-corrected chi connectivity index (χ3v) is 3.87. The normalized spacial score (nSPS) is 21.4. The van der Waals surface area contributed by atoms with E-state index in [0.29, 0.717) is 0 Å². The van der Waals surface area contributed by atoms with Gasteiger partial charge in [0.2, 0.25) is 0 Å². The predicted octanol–water partition coefficient (Wildman–Crippen LogP) is 3.86. The summed E-state index contributed by atoms with van der Waals surface area (Å²) in [4.78, 5) is 0. The number of hydrogen-bond acceptors (Lipinski definition) is 1. The molecule has 0 aromatic heterocycles. The molecular weight excluding hydrogens is 170 g/mol. The van der Waals surface area contributed by atoms with Crippen LogP contribution in [0.3, 0.4) is 0 Å². The van der Waals surface area contributed by atoms with Crippen molar-refractivity contribution in [2.45, 2.75) is 77.2 Å². The second kappa shape index (κ2) is 5.75. The lowest BCUT2D eigenvalue weighted by Crippen LogP contribution is -2.48. The van der Waals surface area contributed by atoms with Crippen molar-refractivity contribution in [3.63, 3.8) is 0 Å². The lowest BCUT2D eigenvalue weighted by atomic mass is 9.70. The molecule has 0 amide bonds. The molecule has 1 heteroatoms. The molecule has 0 bridgehead atoms. The molecule has 1 aliphatic rings. The van der Waals surface area contributed by atoms with Gasteiger partial charge in [0.05, 0.1) is 0 Å². The zero-order valence-corrected chi connectivity index (χ0v) is 10.0. The first-order valence-corrected chi connectivity index (χ1v) is 6.52. The molecule has 1 saturated carbocycles. The van der Waals surface area contributed by atoms with Gasteiger partial charge in [-0.05, 0) is 31.6 Å². The summed E-state index contributed by atoms with van der Waals surface area (Å²) in [7, 11) is 0. The van der Waals surface area contributed by atoms with Gasteiger partial charge in [-0.15, -0.1) is 0 Å². The minimum absolute atomic E-state index is 0.199. The Labute approximate surface area is 89.5 Å². The summed E-state index contributed by atoms with van der Waals surface area (Å²) in [6, 6.07) is 0. The summed E-state index contributed by atoms with van der Waals surface area (Å²) < 4.78 is 0. The molecule has 1 rings (SSSR count). The number of hydrogen-bond donors (Lipinski definition) is 1. The van der Waals surface area contributed by atoms with Crippen molar-refractivity contribution in [1.82, 2.24) is 0 Å². The SMILES string of the molecule is CCCC(CCC)C1(N)CCCCC1. The zero-order valence-electron chi connectivity index (χ0n) is 10.0. The van der Waals surface area contributed by atoms with Crippen molar-refractivity contribution in [2.24, 2.45) is 11.7 Å². The Morgan fingerprint density at radius 1 is 1.00 bits per heavy atom. The van der Waals surface area contributed by atoms with Gasteiger partial charge in [0, 0.05) is 5.54 Å². The Morgan fingerprint density at radius 3 is 1.93 bits per heavy atom. The summed E-state index contributed by atoms with van der Waals surface area (Å²) in [6.07, 6.45) is 11.9. The number of nitrogens with two attached hydrogens (primary N) is 1. The van der Waals surface area contributed by atoms with Gasteiger partial charge in [0.25, 0.3) is 0 Å². The predicted molar refractivity (Wildman–Crippen MR) is 63.3 cm³/mol. The maximum Gasteiger partial charge on any atom is 0.0182 e. The molecule has 2 N–H and O–H groups in total. The molecule has 1 fully saturated rings. The highest BCUT2D eigenvalue weighted by Crippen LogP contribution is 2.36. The molecule has 0 heterocycles. The average Bonchev–Trinajstić information content (AvgIpc) is 2.19. The van der Waals surface area contributed by atoms with Crippen LogP contribution in [0, 0.1) is 5.92 Å². The summed E-state index contributed by atoms with van der Waals surface area (Å²) in [5.74, 6) is 0.790. The Balaban J connectivity index is 2.53. The summed E-state index contributed by atoms with van der Waals surface area (Å²) in [6.45, 7) is 4.57. The van der Waals surface area contributed by atoms with E-state index in [2.05, 4.69) is 13.8 Å². The van der Waals surface area contributed by atoms with Crippen LogP contribution in [-0.2, 0) is 0 Å². The van der Waals surface area contributed by atoms with Gasteiger partial charge in [-0.2, -0.15) is 0 Å². The fourth-order valence-corrected chi connectivity index (χ4v) is 3.03. The standard InChI is InChI=1S/C13H27N/c1-3-8-12(9-4-2)13(14)10-6-5-7-11-13/h12H,3-11,14H2,1-2H3. The van der Waals surface area contributed by atoms with E-state index < -0.39 is 0 Å². The Bertz CT molecular complexity index is 141. The van der Waals surface area contributed by atoms with Gasteiger partial charge in [0.15, 0.2) is 0 Å². The lowest BCUT2D eigenvalue weighted by molar-refractivity contribution is 0.174. The quantitative estimate of drug-likeness (QED) is 0.711. The van der Waals surface area contributed by atoms with Gasteiger partial charge in [-0.1, -0.05) is 46.0 Å². The molecule has 0 spiro atoms. The molecule has 0 atom stereocenters. The molecule has 0 radical (unpaired) electrons. The van der Waals surface area contributed by atoms with Crippen LogP contribution in [0.5, 0.6) is 0 Å². The van der Waals surface area contributed by atoms with Crippen molar-refractivity contribution in [2.75, 3.05) is 0 Å². The smallest absolute Gasteiger partial charge is 0.0182 e. The summed E-state index contributed by atoms with van der Waals surface area (Å²) in [5, 5.41) is 0. The molecule has 0 aliphatic heterocycles. The van der Waals surface area contributed by atoms with Crippen LogP contribution < -0.4 is 5.73 Å². The molecule has 14 heavy (non-hydrogen) atoms. The van der Waals surface area contributed by atoms with Crippen molar-refractivity contribution in [3.05, 3.63) is 0 Å². The lowest BCUT2D eigenvalue weighted by Gasteiger charge is -2.40. The second-order valence-corrected chi connectivity index (χ2v) is 5.07. The Kier molecular flexibility index (Phi) is 4.94. The summed E-state index contributed by atoms with van der Waals surface area (Å²) >= 11 is 0. The van der Waals surface area contributed by atoms with Crippen LogP contribution in [0.1, 0.15) is 71.6 Å². The van der Waals surface area contributed by atoms with Gasteiger partial charge < -0.3 is 5.73 Å². The largest absolute Gasteiger partial charge is 0.325 e. The highest BCUT2D eigenvalue weighted by molar-refractivity contribution is 4.93. The minimum Gasteiger partial charge on any atom is -0.325 e. The average molecular weight is 197 g/mol. The zero-order chi connectivity index (χ0) is 10.4. The molecule has 0 unspecified atom stereocenters. The highest BCUT2D eigenvalue weighted by Gasteiger charge is 2.34. The van der Waals surface area contributed by atoms with Crippen LogP contribution >= 0.6 is 0 Å². The van der Waals surface area contributed by atoms with Crippen LogP contribution in [0.15, 0.2) is 0 Å². The van der Waals surface area contributed by atoms with Crippen LogP contribution in [0.4, 0.5) is 0 Å². The Hall–Kier alpha value is -0.0400. The van der Waals surface area contributed by atoms with E-state index >= 15 is 0 Å². The molecule has 0 aromatic carbocycles. The van der Waals surface area contributed by atoms with E-state index in [-0.39, 0.29) is 5.54 Å².